The maximum Gasteiger partial charge on any atom is 0.408 e. The first-order chi connectivity index (χ1) is 14.4. The summed E-state index contributed by atoms with van der Waals surface area (Å²) in [5.74, 6) is -1.46. The lowest BCUT2D eigenvalue weighted by molar-refractivity contribution is -0.179. The van der Waals surface area contributed by atoms with E-state index in [2.05, 4.69) is 5.32 Å². The van der Waals surface area contributed by atoms with Gasteiger partial charge in [-0.05, 0) is 46.0 Å². The molecule has 1 saturated heterocycles. The Labute approximate surface area is 184 Å². The molecule has 2 rings (SSSR count). The fraction of sp³-hybridized carbons (Fsp3) is 0.818. The molecule has 178 valence electrons. The van der Waals surface area contributed by atoms with Crippen LogP contribution in [0.4, 0.5) is 4.79 Å². The molecule has 0 unspecified atom stereocenters. The van der Waals surface area contributed by atoms with Crippen molar-refractivity contribution in [1.29, 1.82) is 0 Å². The second-order valence-corrected chi connectivity index (χ2v) is 9.54. The van der Waals surface area contributed by atoms with Crippen LogP contribution in [0.3, 0.4) is 0 Å². The molecule has 0 bridgehead atoms. The highest BCUT2D eigenvalue weighted by molar-refractivity contribution is 5.84. The third-order valence-electron chi connectivity index (χ3n) is 6.57. The predicted octanol–water partition coefficient (Wildman–Crippen LogP) is 1.25. The van der Waals surface area contributed by atoms with E-state index in [1.807, 2.05) is 19.9 Å². The van der Waals surface area contributed by atoms with Crippen molar-refractivity contribution >= 4 is 12.0 Å². The van der Waals surface area contributed by atoms with Crippen LogP contribution in [0.2, 0.25) is 0 Å². The Bertz CT molecular complexity index is 693. The lowest BCUT2D eigenvalue weighted by Gasteiger charge is -2.48. The van der Waals surface area contributed by atoms with Crippen LogP contribution in [0.25, 0.3) is 0 Å². The van der Waals surface area contributed by atoms with E-state index in [1.165, 1.54) is 7.11 Å². The second-order valence-electron chi connectivity index (χ2n) is 9.54. The Kier molecular flexibility index (Phi) is 8.13. The van der Waals surface area contributed by atoms with Crippen molar-refractivity contribution in [3.63, 3.8) is 0 Å². The number of nitrogens with one attached hydrogen (secondary N) is 1. The molecule has 9 heteroatoms. The van der Waals surface area contributed by atoms with Crippen molar-refractivity contribution in [2.45, 2.75) is 89.4 Å². The smallest absolute Gasteiger partial charge is 0.408 e. The molecule has 5 N–H and O–H groups in total. The fourth-order valence-corrected chi connectivity index (χ4v) is 4.79. The number of aliphatic hydroxyl groups is 2. The number of hydrogen-bond donors (Lipinski definition) is 4. The summed E-state index contributed by atoms with van der Waals surface area (Å²) >= 11 is 0. The standard InChI is InChI=1S/C22H38N2O7/c1-12(2)7-8-15(25)21(5)18-17(29-6)14(9-10-22(18,28)11-30-21)31-20(27)24-16(13(3)4)19(23)26/h7,13-18,25,28H,8-11H2,1-6H3,(H2,23,26)(H,24,27)/t14-,15-,16-,17-,18-,21-,22-/m1/s1. The number of carbonyl (C=O) groups excluding carboxylic acids is 2. The number of primary amides is 1. The molecular formula is C22H38N2O7. The Morgan fingerprint density at radius 2 is 2.00 bits per heavy atom. The molecule has 2 fully saturated rings. The van der Waals surface area contributed by atoms with Crippen molar-refractivity contribution < 1.29 is 34.0 Å². The maximum absolute atomic E-state index is 12.5. The first-order valence-electron chi connectivity index (χ1n) is 10.8. The van der Waals surface area contributed by atoms with Crippen LogP contribution in [-0.2, 0) is 19.0 Å². The number of nitrogens with two attached hydrogens (primary N) is 1. The molecule has 1 aliphatic heterocycles. The van der Waals surface area contributed by atoms with E-state index >= 15 is 0 Å². The topological polar surface area (TPSA) is 140 Å². The first-order valence-corrected chi connectivity index (χ1v) is 10.8. The van der Waals surface area contributed by atoms with E-state index in [4.69, 9.17) is 19.9 Å². The molecule has 0 radical (unpaired) electrons. The quantitative estimate of drug-likeness (QED) is 0.415. The lowest BCUT2D eigenvalue weighted by Crippen LogP contribution is -2.62. The highest BCUT2D eigenvalue weighted by Gasteiger charge is 2.64. The van der Waals surface area contributed by atoms with Crippen LogP contribution in [0, 0.1) is 11.8 Å². The SMILES string of the molecule is CO[C@@H]1[C@H](OC(=O)N[C@@H](C(N)=O)C(C)C)CC[C@@]2(O)CO[C@](C)([C@H](O)CC=C(C)C)[C@@H]12. The molecule has 0 aromatic rings. The highest BCUT2D eigenvalue weighted by Crippen LogP contribution is 2.51. The van der Waals surface area contributed by atoms with E-state index in [1.54, 1.807) is 20.8 Å². The summed E-state index contributed by atoms with van der Waals surface area (Å²) in [7, 11) is 1.48. The summed E-state index contributed by atoms with van der Waals surface area (Å²) in [6, 6.07) is -0.861. The summed E-state index contributed by atoms with van der Waals surface area (Å²) in [6.45, 7) is 9.25. The Morgan fingerprint density at radius 3 is 2.52 bits per heavy atom. The molecule has 31 heavy (non-hydrogen) atoms. The van der Waals surface area contributed by atoms with Crippen molar-refractivity contribution in [1.82, 2.24) is 5.32 Å². The highest BCUT2D eigenvalue weighted by atomic mass is 16.6. The van der Waals surface area contributed by atoms with E-state index in [0.717, 1.165) is 5.57 Å². The van der Waals surface area contributed by atoms with Gasteiger partial charge in [0.05, 0.1) is 29.8 Å². The zero-order valence-corrected chi connectivity index (χ0v) is 19.4. The minimum Gasteiger partial charge on any atom is -0.443 e. The molecule has 0 aromatic carbocycles. The van der Waals surface area contributed by atoms with E-state index in [-0.39, 0.29) is 12.5 Å². The molecule has 2 amide bonds. The van der Waals surface area contributed by atoms with Crippen molar-refractivity contribution in [2.24, 2.45) is 17.6 Å². The van der Waals surface area contributed by atoms with Gasteiger partial charge in [-0.2, -0.15) is 0 Å². The maximum atomic E-state index is 12.5. The van der Waals surface area contributed by atoms with Gasteiger partial charge < -0.3 is 35.5 Å². The number of hydrogen-bond acceptors (Lipinski definition) is 7. The van der Waals surface area contributed by atoms with Gasteiger partial charge in [-0.3, -0.25) is 4.79 Å². The number of fused-ring (bicyclic) bond motifs is 1. The number of aliphatic hydroxyl groups excluding tert-OH is 1. The molecule has 1 saturated carbocycles. The van der Waals surface area contributed by atoms with Gasteiger partial charge in [-0.25, -0.2) is 4.79 Å². The van der Waals surface area contributed by atoms with Crippen LogP contribution >= 0.6 is 0 Å². The zero-order chi connectivity index (χ0) is 23.6. The number of ether oxygens (including phenoxy) is 3. The fourth-order valence-electron chi connectivity index (χ4n) is 4.79. The number of amides is 2. The minimum absolute atomic E-state index is 0.0654. The second kappa shape index (κ2) is 9.85. The van der Waals surface area contributed by atoms with Crippen LogP contribution in [-0.4, -0.2) is 71.5 Å². The predicted molar refractivity (Wildman–Crippen MR) is 114 cm³/mol. The van der Waals surface area contributed by atoms with Crippen LogP contribution in [0.15, 0.2) is 11.6 Å². The van der Waals surface area contributed by atoms with Gasteiger partial charge in [0.2, 0.25) is 5.91 Å². The third kappa shape index (κ3) is 5.39. The van der Waals surface area contributed by atoms with Gasteiger partial charge in [0, 0.05) is 7.11 Å². The Morgan fingerprint density at radius 1 is 1.35 bits per heavy atom. The summed E-state index contributed by atoms with van der Waals surface area (Å²) in [4.78, 5) is 24.1. The monoisotopic (exact) mass is 442 g/mol. The molecule has 1 aliphatic carbocycles. The van der Waals surface area contributed by atoms with Crippen LogP contribution < -0.4 is 11.1 Å². The van der Waals surface area contributed by atoms with Crippen molar-refractivity contribution in [3.05, 3.63) is 11.6 Å². The van der Waals surface area contributed by atoms with E-state index in [9.17, 15) is 19.8 Å². The molecule has 9 nitrogen and oxygen atoms in total. The zero-order valence-electron chi connectivity index (χ0n) is 19.4. The number of allylic oxidation sites excluding steroid dienone is 1. The van der Waals surface area contributed by atoms with E-state index in [0.29, 0.717) is 19.3 Å². The normalized spacial score (nSPS) is 34.5. The molecule has 7 atom stereocenters. The molecule has 0 spiro atoms. The lowest BCUT2D eigenvalue weighted by atomic mass is 9.65. The van der Waals surface area contributed by atoms with E-state index < -0.39 is 53.5 Å². The van der Waals surface area contributed by atoms with Crippen molar-refractivity contribution in [3.8, 4) is 0 Å². The van der Waals surface area contributed by atoms with Crippen LogP contribution in [0.5, 0.6) is 0 Å². The first kappa shape index (κ1) is 25.6. The molecule has 1 heterocycles. The van der Waals surface area contributed by atoms with Crippen molar-refractivity contribution in [2.75, 3.05) is 13.7 Å². The van der Waals surface area contributed by atoms with Gasteiger partial charge in [0.15, 0.2) is 0 Å². The number of rotatable bonds is 8. The Hall–Kier alpha value is -1.68. The van der Waals surface area contributed by atoms with Gasteiger partial charge in [0.1, 0.15) is 18.2 Å². The molecular weight excluding hydrogens is 404 g/mol. The Balaban J connectivity index is 2.22. The number of carbonyl (C=O) groups is 2. The largest absolute Gasteiger partial charge is 0.443 e. The van der Waals surface area contributed by atoms with Crippen LogP contribution in [0.1, 0.15) is 53.9 Å². The number of alkyl carbamates (subject to hydrolysis) is 1. The molecule has 2 aliphatic rings. The minimum atomic E-state index is -1.20. The average Bonchev–Trinajstić information content (AvgIpc) is 2.96. The average molecular weight is 443 g/mol. The van der Waals surface area contributed by atoms with Gasteiger partial charge in [-0.15, -0.1) is 0 Å². The third-order valence-corrected chi connectivity index (χ3v) is 6.57. The summed E-state index contributed by atoms with van der Waals surface area (Å²) < 4.78 is 17.3. The van der Waals surface area contributed by atoms with Gasteiger partial charge in [-0.1, -0.05) is 25.5 Å². The van der Waals surface area contributed by atoms with Gasteiger partial charge >= 0.3 is 6.09 Å². The molecule has 0 aromatic heterocycles. The van der Waals surface area contributed by atoms with Gasteiger partial charge in [0.25, 0.3) is 0 Å². The summed E-state index contributed by atoms with van der Waals surface area (Å²) in [5.41, 5.74) is 4.13. The summed E-state index contributed by atoms with van der Waals surface area (Å²) in [6.07, 6.45) is -0.0966. The summed E-state index contributed by atoms with van der Waals surface area (Å²) in [5, 5.41) is 24.7. The number of methoxy groups -OCH3 is 1.